The smallest absolute Gasteiger partial charge is 0.220 e. The maximum absolute atomic E-state index is 11.5. The summed E-state index contributed by atoms with van der Waals surface area (Å²) < 4.78 is 0. The average Bonchev–Trinajstić information content (AvgIpc) is 2.36. The van der Waals surface area contributed by atoms with Crippen LogP contribution in [-0.4, -0.2) is 34.9 Å². The van der Waals surface area contributed by atoms with E-state index < -0.39 is 5.60 Å². The Morgan fingerprint density at radius 3 is 2.56 bits per heavy atom. The van der Waals surface area contributed by atoms with Gasteiger partial charge in [0, 0.05) is 18.7 Å². The van der Waals surface area contributed by atoms with Gasteiger partial charge in [-0.15, -0.1) is 0 Å². The van der Waals surface area contributed by atoms with E-state index in [1.807, 2.05) is 12.1 Å². The molecule has 0 radical (unpaired) electrons. The van der Waals surface area contributed by atoms with Crippen LogP contribution in [0.15, 0.2) is 24.3 Å². The second-order valence-electron chi connectivity index (χ2n) is 4.67. The molecule has 5 N–H and O–H groups in total. The molecule has 0 saturated heterocycles. The molecular formula is C13H20N2O3. The summed E-state index contributed by atoms with van der Waals surface area (Å²) >= 11 is 0. The first-order valence-electron chi connectivity index (χ1n) is 5.87. The molecule has 0 bridgehead atoms. The predicted octanol–water partition coefficient (Wildman–Crippen LogP) is 0.0609. The number of benzene rings is 1. The summed E-state index contributed by atoms with van der Waals surface area (Å²) in [5.41, 5.74) is 6.03. The summed E-state index contributed by atoms with van der Waals surface area (Å²) in [6.45, 7) is 1.13. The quantitative estimate of drug-likeness (QED) is 0.538. The van der Waals surface area contributed by atoms with Gasteiger partial charge in [-0.3, -0.25) is 4.79 Å². The topological polar surface area (TPSA) is 95.6 Å². The van der Waals surface area contributed by atoms with Gasteiger partial charge in [0.2, 0.25) is 5.91 Å². The van der Waals surface area contributed by atoms with Crippen molar-refractivity contribution in [2.75, 3.05) is 18.9 Å². The minimum absolute atomic E-state index is 0.0457. The monoisotopic (exact) mass is 252 g/mol. The highest BCUT2D eigenvalue weighted by atomic mass is 16.3. The van der Waals surface area contributed by atoms with Crippen LogP contribution in [0.4, 0.5) is 5.69 Å². The molecule has 0 heterocycles. The zero-order chi connectivity index (χ0) is 13.6. The molecule has 1 amide bonds. The molecule has 1 unspecified atom stereocenters. The molecule has 1 aromatic rings. The SMILES string of the molecule is CC(O)(CO)CNC(=O)CCc1ccc(N)cc1. The molecule has 0 saturated carbocycles. The van der Waals surface area contributed by atoms with Gasteiger partial charge in [-0.25, -0.2) is 0 Å². The zero-order valence-corrected chi connectivity index (χ0v) is 10.5. The van der Waals surface area contributed by atoms with E-state index in [1.165, 1.54) is 6.92 Å². The third-order valence-corrected chi connectivity index (χ3v) is 2.63. The predicted molar refractivity (Wildman–Crippen MR) is 69.9 cm³/mol. The molecule has 0 aromatic heterocycles. The van der Waals surface area contributed by atoms with E-state index in [9.17, 15) is 9.90 Å². The van der Waals surface area contributed by atoms with Crippen LogP contribution in [0.2, 0.25) is 0 Å². The molecule has 18 heavy (non-hydrogen) atoms. The molecule has 0 aliphatic rings. The van der Waals surface area contributed by atoms with Crippen LogP contribution in [0.1, 0.15) is 18.9 Å². The van der Waals surface area contributed by atoms with Gasteiger partial charge in [-0.1, -0.05) is 12.1 Å². The van der Waals surface area contributed by atoms with Crippen molar-refractivity contribution < 1.29 is 15.0 Å². The highest BCUT2D eigenvalue weighted by Crippen LogP contribution is 2.07. The van der Waals surface area contributed by atoms with Gasteiger partial charge >= 0.3 is 0 Å². The van der Waals surface area contributed by atoms with Crippen LogP contribution in [0.25, 0.3) is 0 Å². The molecule has 5 heteroatoms. The number of anilines is 1. The summed E-state index contributed by atoms with van der Waals surface area (Å²) in [6, 6.07) is 7.35. The normalized spacial score (nSPS) is 13.9. The van der Waals surface area contributed by atoms with Crippen LogP contribution in [0.5, 0.6) is 0 Å². The number of rotatable bonds is 6. The lowest BCUT2D eigenvalue weighted by Crippen LogP contribution is -2.43. The van der Waals surface area contributed by atoms with Crippen molar-refractivity contribution in [3.63, 3.8) is 0 Å². The van der Waals surface area contributed by atoms with Crippen molar-refractivity contribution in [3.8, 4) is 0 Å². The van der Waals surface area contributed by atoms with E-state index in [-0.39, 0.29) is 19.1 Å². The van der Waals surface area contributed by atoms with Gasteiger partial charge in [0.25, 0.3) is 0 Å². The van der Waals surface area contributed by atoms with E-state index in [0.717, 1.165) is 5.56 Å². The van der Waals surface area contributed by atoms with Gasteiger partial charge in [0.1, 0.15) is 5.60 Å². The van der Waals surface area contributed by atoms with Crippen molar-refractivity contribution in [2.24, 2.45) is 0 Å². The van der Waals surface area contributed by atoms with E-state index in [4.69, 9.17) is 10.8 Å². The third-order valence-electron chi connectivity index (χ3n) is 2.63. The fraction of sp³-hybridized carbons (Fsp3) is 0.462. The number of nitrogens with two attached hydrogens (primary N) is 1. The van der Waals surface area contributed by atoms with E-state index in [1.54, 1.807) is 12.1 Å². The maximum atomic E-state index is 11.5. The highest BCUT2D eigenvalue weighted by molar-refractivity contribution is 5.76. The number of amides is 1. The maximum Gasteiger partial charge on any atom is 0.220 e. The summed E-state index contributed by atoms with van der Waals surface area (Å²) in [6.07, 6.45) is 0.957. The van der Waals surface area contributed by atoms with Gasteiger partial charge in [0.15, 0.2) is 0 Å². The number of aliphatic hydroxyl groups excluding tert-OH is 1. The molecule has 0 fully saturated rings. The second kappa shape index (κ2) is 6.37. The standard InChI is InChI=1S/C13H20N2O3/c1-13(18,9-16)8-15-12(17)7-4-10-2-5-11(14)6-3-10/h2-3,5-6,16,18H,4,7-9,14H2,1H3,(H,15,17). The van der Waals surface area contributed by atoms with Crippen LogP contribution in [0.3, 0.4) is 0 Å². The van der Waals surface area contributed by atoms with Gasteiger partial charge in [0.05, 0.1) is 6.61 Å². The third kappa shape index (κ3) is 5.16. The van der Waals surface area contributed by atoms with E-state index in [2.05, 4.69) is 5.32 Å². The fourth-order valence-corrected chi connectivity index (χ4v) is 1.38. The molecule has 1 atom stereocenters. The first-order chi connectivity index (χ1) is 8.43. The lowest BCUT2D eigenvalue weighted by atomic mass is 10.1. The molecule has 100 valence electrons. The number of aliphatic hydroxyl groups is 2. The molecule has 1 rings (SSSR count). The molecule has 5 nitrogen and oxygen atoms in total. The number of carbonyl (C=O) groups excluding carboxylic acids is 1. The van der Waals surface area contributed by atoms with Crippen molar-refractivity contribution in [2.45, 2.75) is 25.4 Å². The van der Waals surface area contributed by atoms with E-state index >= 15 is 0 Å². The Morgan fingerprint density at radius 1 is 1.39 bits per heavy atom. The summed E-state index contributed by atoms with van der Waals surface area (Å²) in [5, 5.41) is 20.9. The Bertz CT molecular complexity index is 388. The first kappa shape index (κ1) is 14.5. The van der Waals surface area contributed by atoms with Crippen LogP contribution >= 0.6 is 0 Å². The first-order valence-corrected chi connectivity index (χ1v) is 5.87. The van der Waals surface area contributed by atoms with Gasteiger partial charge < -0.3 is 21.3 Å². The summed E-state index contributed by atoms with van der Waals surface area (Å²) in [4.78, 5) is 11.5. The molecular weight excluding hydrogens is 232 g/mol. The Kier molecular flexibility index (Phi) is 5.12. The van der Waals surface area contributed by atoms with Crippen LogP contribution < -0.4 is 11.1 Å². The van der Waals surface area contributed by atoms with Crippen LogP contribution in [0, 0.1) is 0 Å². The molecule has 0 aliphatic heterocycles. The van der Waals surface area contributed by atoms with Crippen molar-refractivity contribution in [1.29, 1.82) is 0 Å². The lowest BCUT2D eigenvalue weighted by Gasteiger charge is -2.20. The number of hydrogen-bond acceptors (Lipinski definition) is 4. The lowest BCUT2D eigenvalue weighted by molar-refractivity contribution is -0.122. The fourth-order valence-electron chi connectivity index (χ4n) is 1.38. The highest BCUT2D eigenvalue weighted by Gasteiger charge is 2.19. The number of nitrogens with one attached hydrogen (secondary N) is 1. The molecule has 0 aliphatic carbocycles. The number of hydrogen-bond donors (Lipinski definition) is 4. The summed E-state index contributed by atoms with van der Waals surface area (Å²) in [7, 11) is 0. The number of nitrogen functional groups attached to an aromatic ring is 1. The van der Waals surface area contributed by atoms with Gasteiger partial charge in [-0.2, -0.15) is 0 Å². The molecule has 0 spiro atoms. The minimum atomic E-state index is -1.27. The Hall–Kier alpha value is -1.59. The Morgan fingerprint density at radius 2 is 2.00 bits per heavy atom. The zero-order valence-electron chi connectivity index (χ0n) is 10.5. The van der Waals surface area contributed by atoms with Crippen molar-refractivity contribution >= 4 is 11.6 Å². The van der Waals surface area contributed by atoms with Crippen molar-refractivity contribution in [1.82, 2.24) is 5.32 Å². The Balaban J connectivity index is 2.31. The number of aryl methyl sites for hydroxylation is 1. The largest absolute Gasteiger partial charge is 0.399 e. The summed E-state index contributed by atoms with van der Waals surface area (Å²) in [5.74, 6) is -0.152. The average molecular weight is 252 g/mol. The molecule has 1 aromatic carbocycles. The number of carbonyl (C=O) groups is 1. The second-order valence-corrected chi connectivity index (χ2v) is 4.67. The minimum Gasteiger partial charge on any atom is -0.399 e. The van der Waals surface area contributed by atoms with Gasteiger partial charge in [-0.05, 0) is 31.0 Å². The van der Waals surface area contributed by atoms with Crippen LogP contribution in [-0.2, 0) is 11.2 Å². The Labute approximate surface area is 107 Å². The van der Waals surface area contributed by atoms with E-state index in [0.29, 0.717) is 18.5 Å². The van der Waals surface area contributed by atoms with Crippen molar-refractivity contribution in [3.05, 3.63) is 29.8 Å².